The Balaban J connectivity index is 2.49. The van der Waals surface area contributed by atoms with Gasteiger partial charge in [0.2, 0.25) is 5.91 Å². The van der Waals surface area contributed by atoms with Crippen molar-refractivity contribution in [2.75, 3.05) is 6.54 Å². The van der Waals surface area contributed by atoms with Gasteiger partial charge in [-0.2, -0.15) is 5.26 Å². The molecule has 0 aromatic carbocycles. The summed E-state index contributed by atoms with van der Waals surface area (Å²) in [5.74, 6) is 1.46. The molecule has 0 aromatic heterocycles. The molecule has 3 nitrogen and oxygen atoms in total. The fourth-order valence-electron chi connectivity index (χ4n) is 3.62. The second-order valence-corrected chi connectivity index (χ2v) is 6.70. The van der Waals surface area contributed by atoms with E-state index >= 15 is 0 Å². The number of rotatable bonds is 8. The van der Waals surface area contributed by atoms with E-state index in [-0.39, 0.29) is 5.91 Å². The Morgan fingerprint density at radius 1 is 1.10 bits per heavy atom. The van der Waals surface area contributed by atoms with Gasteiger partial charge in [0.25, 0.3) is 0 Å². The smallest absolute Gasteiger partial charge is 0.240 e. The summed E-state index contributed by atoms with van der Waals surface area (Å²) >= 11 is 0. The number of hydrogen-bond donors (Lipinski definition) is 1. The fraction of sp³-hybridized carbons (Fsp3) is 0.889. The zero-order valence-electron chi connectivity index (χ0n) is 14.1. The lowest BCUT2D eigenvalue weighted by atomic mass is 9.78. The standard InChI is InChI=1S/C18H32N2O/c1-4-11-18(14-19,12-5-2)17(21)20-13-16-9-7-15(6-3)8-10-16/h15-16H,4-13H2,1-3H3,(H,20,21). The SMILES string of the molecule is CCCC(C#N)(CCC)C(=O)NCC1CCC(CC)CC1. The third kappa shape index (κ3) is 5.02. The Labute approximate surface area is 130 Å². The molecule has 0 aromatic rings. The summed E-state index contributed by atoms with van der Waals surface area (Å²) in [6.45, 7) is 7.11. The molecule has 1 aliphatic rings. The van der Waals surface area contributed by atoms with Gasteiger partial charge < -0.3 is 5.32 Å². The summed E-state index contributed by atoms with van der Waals surface area (Å²) in [6, 6.07) is 2.31. The first-order valence-corrected chi connectivity index (χ1v) is 8.81. The Morgan fingerprint density at radius 3 is 2.05 bits per heavy atom. The zero-order chi connectivity index (χ0) is 15.7. The highest BCUT2D eigenvalue weighted by atomic mass is 16.2. The Kier molecular flexibility index (Phi) is 7.78. The van der Waals surface area contributed by atoms with E-state index in [0.717, 1.165) is 25.3 Å². The number of hydrogen-bond acceptors (Lipinski definition) is 2. The van der Waals surface area contributed by atoms with Gasteiger partial charge in [-0.15, -0.1) is 0 Å². The molecule has 21 heavy (non-hydrogen) atoms. The van der Waals surface area contributed by atoms with E-state index in [4.69, 9.17) is 0 Å². The zero-order valence-corrected chi connectivity index (χ0v) is 14.1. The van der Waals surface area contributed by atoms with Crippen LogP contribution in [-0.4, -0.2) is 12.5 Å². The van der Waals surface area contributed by atoms with Gasteiger partial charge in [0, 0.05) is 6.54 Å². The number of nitriles is 1. The summed E-state index contributed by atoms with van der Waals surface area (Å²) in [4.78, 5) is 12.5. The summed E-state index contributed by atoms with van der Waals surface area (Å²) in [7, 11) is 0. The lowest BCUT2D eigenvalue weighted by molar-refractivity contribution is -0.129. The Hall–Kier alpha value is -1.04. The Bertz CT molecular complexity index is 345. The molecule has 0 unspecified atom stereocenters. The van der Waals surface area contributed by atoms with E-state index in [9.17, 15) is 10.1 Å². The molecular formula is C18H32N2O. The van der Waals surface area contributed by atoms with Crippen molar-refractivity contribution in [1.82, 2.24) is 5.32 Å². The molecule has 0 heterocycles. The van der Waals surface area contributed by atoms with Crippen LogP contribution in [0.15, 0.2) is 0 Å². The van der Waals surface area contributed by atoms with Crippen LogP contribution >= 0.6 is 0 Å². The molecule has 1 N–H and O–H groups in total. The second kappa shape index (κ2) is 9.07. The van der Waals surface area contributed by atoms with Gasteiger partial charge in [0.1, 0.15) is 5.41 Å². The van der Waals surface area contributed by atoms with Crippen molar-refractivity contribution in [3.63, 3.8) is 0 Å². The topological polar surface area (TPSA) is 52.9 Å². The van der Waals surface area contributed by atoms with Gasteiger partial charge in [0.05, 0.1) is 6.07 Å². The molecule has 1 rings (SSSR count). The molecule has 1 fully saturated rings. The van der Waals surface area contributed by atoms with Gasteiger partial charge in [0.15, 0.2) is 0 Å². The van der Waals surface area contributed by atoms with Crippen molar-refractivity contribution >= 4 is 5.91 Å². The summed E-state index contributed by atoms with van der Waals surface area (Å²) in [5, 5.41) is 12.6. The Morgan fingerprint density at radius 2 is 1.62 bits per heavy atom. The molecule has 0 spiro atoms. The largest absolute Gasteiger partial charge is 0.354 e. The minimum absolute atomic E-state index is 0.0358. The summed E-state index contributed by atoms with van der Waals surface area (Å²) in [5.41, 5.74) is -0.801. The number of carbonyl (C=O) groups is 1. The lowest BCUT2D eigenvalue weighted by Crippen LogP contribution is -2.42. The van der Waals surface area contributed by atoms with Crippen molar-refractivity contribution in [2.24, 2.45) is 17.3 Å². The fourth-order valence-corrected chi connectivity index (χ4v) is 3.62. The highest BCUT2D eigenvalue weighted by Crippen LogP contribution is 2.32. The summed E-state index contributed by atoms with van der Waals surface area (Å²) in [6.07, 6.45) is 9.42. The first-order valence-electron chi connectivity index (χ1n) is 8.81. The van der Waals surface area contributed by atoms with Crippen LogP contribution in [0.2, 0.25) is 0 Å². The third-order valence-electron chi connectivity index (χ3n) is 5.10. The van der Waals surface area contributed by atoms with Gasteiger partial charge in [-0.1, -0.05) is 52.9 Å². The van der Waals surface area contributed by atoms with E-state index in [1.54, 1.807) is 0 Å². The van der Waals surface area contributed by atoms with E-state index < -0.39 is 5.41 Å². The van der Waals surface area contributed by atoms with Crippen LogP contribution in [0.5, 0.6) is 0 Å². The van der Waals surface area contributed by atoms with Crippen molar-refractivity contribution in [1.29, 1.82) is 5.26 Å². The molecule has 0 aliphatic heterocycles. The number of nitrogens with zero attached hydrogens (tertiary/aromatic N) is 1. The molecule has 0 saturated heterocycles. The molecule has 0 atom stereocenters. The minimum atomic E-state index is -0.801. The molecule has 0 radical (unpaired) electrons. The monoisotopic (exact) mass is 292 g/mol. The molecule has 1 aliphatic carbocycles. The quantitative estimate of drug-likeness (QED) is 0.719. The predicted octanol–water partition coefficient (Wildman–Crippen LogP) is 4.43. The number of carbonyl (C=O) groups excluding carboxylic acids is 1. The van der Waals surface area contributed by atoms with Crippen molar-refractivity contribution in [3.05, 3.63) is 0 Å². The first kappa shape index (κ1) is 18.0. The van der Waals surface area contributed by atoms with Gasteiger partial charge in [-0.05, 0) is 37.5 Å². The van der Waals surface area contributed by atoms with E-state index in [2.05, 4.69) is 18.3 Å². The molecular weight excluding hydrogens is 260 g/mol. The maximum atomic E-state index is 12.5. The number of amides is 1. The predicted molar refractivity (Wildman–Crippen MR) is 86.6 cm³/mol. The molecule has 0 bridgehead atoms. The molecule has 1 amide bonds. The van der Waals surface area contributed by atoms with Crippen molar-refractivity contribution < 1.29 is 4.79 Å². The summed E-state index contributed by atoms with van der Waals surface area (Å²) < 4.78 is 0. The van der Waals surface area contributed by atoms with Crippen LogP contribution in [-0.2, 0) is 4.79 Å². The molecule has 3 heteroatoms. The maximum absolute atomic E-state index is 12.5. The van der Waals surface area contributed by atoms with Crippen LogP contribution in [0.4, 0.5) is 0 Å². The van der Waals surface area contributed by atoms with Gasteiger partial charge >= 0.3 is 0 Å². The van der Waals surface area contributed by atoms with E-state index in [1.165, 1.54) is 32.1 Å². The van der Waals surface area contributed by atoms with Crippen LogP contribution < -0.4 is 5.32 Å². The third-order valence-corrected chi connectivity index (χ3v) is 5.10. The second-order valence-electron chi connectivity index (χ2n) is 6.70. The minimum Gasteiger partial charge on any atom is -0.354 e. The van der Waals surface area contributed by atoms with Crippen LogP contribution in [0.1, 0.15) is 78.6 Å². The van der Waals surface area contributed by atoms with Gasteiger partial charge in [-0.25, -0.2) is 0 Å². The van der Waals surface area contributed by atoms with Crippen molar-refractivity contribution in [2.45, 2.75) is 78.6 Å². The number of nitrogens with one attached hydrogen (secondary N) is 1. The van der Waals surface area contributed by atoms with E-state index in [1.807, 2.05) is 13.8 Å². The van der Waals surface area contributed by atoms with Crippen molar-refractivity contribution in [3.8, 4) is 6.07 Å². The maximum Gasteiger partial charge on any atom is 0.240 e. The van der Waals surface area contributed by atoms with E-state index in [0.29, 0.717) is 18.8 Å². The molecule has 1 saturated carbocycles. The average Bonchev–Trinajstić information content (AvgIpc) is 2.52. The van der Waals surface area contributed by atoms with Gasteiger partial charge in [-0.3, -0.25) is 4.79 Å². The highest BCUT2D eigenvalue weighted by molar-refractivity contribution is 5.85. The molecule has 120 valence electrons. The van der Waals surface area contributed by atoms with Crippen LogP contribution in [0.3, 0.4) is 0 Å². The normalized spacial score (nSPS) is 22.6. The van der Waals surface area contributed by atoms with Crippen LogP contribution in [0, 0.1) is 28.6 Å². The highest BCUT2D eigenvalue weighted by Gasteiger charge is 2.37. The average molecular weight is 292 g/mol. The first-order chi connectivity index (χ1) is 10.1. The lowest BCUT2D eigenvalue weighted by Gasteiger charge is -2.30. The van der Waals surface area contributed by atoms with Crippen LogP contribution in [0.25, 0.3) is 0 Å².